The topological polar surface area (TPSA) is 65.2 Å². The highest BCUT2D eigenvalue weighted by molar-refractivity contribution is 5.84. The third-order valence-corrected chi connectivity index (χ3v) is 1.90. The number of nitrogens with one attached hydrogen (secondary N) is 1. The van der Waals surface area contributed by atoms with E-state index < -0.39 is 24.1 Å². The minimum atomic E-state index is -4.49. The molecule has 0 aliphatic rings. The summed E-state index contributed by atoms with van der Waals surface area (Å²) < 4.78 is 37.7. The van der Waals surface area contributed by atoms with E-state index in [2.05, 4.69) is 5.10 Å². The van der Waals surface area contributed by atoms with E-state index in [9.17, 15) is 18.0 Å². The number of benzene rings is 1. The molecule has 0 aliphatic carbocycles. The number of hydrogen-bond donors (Lipinski definition) is 1. The van der Waals surface area contributed by atoms with Gasteiger partial charge in [0.25, 0.3) is 5.91 Å². The number of nitriles is 1. The summed E-state index contributed by atoms with van der Waals surface area (Å²) in [6.07, 6.45) is -4.00. The highest BCUT2D eigenvalue weighted by atomic mass is 19.4. The van der Waals surface area contributed by atoms with Crippen LogP contribution in [-0.4, -0.2) is 12.1 Å². The van der Waals surface area contributed by atoms with E-state index in [0.717, 1.165) is 12.3 Å². The predicted molar refractivity (Wildman–Crippen MR) is 57.4 cm³/mol. The minimum Gasteiger partial charge on any atom is -0.272 e. The van der Waals surface area contributed by atoms with Crippen molar-refractivity contribution in [3.8, 4) is 6.07 Å². The van der Waals surface area contributed by atoms with Crippen LogP contribution in [0.1, 0.15) is 17.5 Å². The molecule has 1 aromatic rings. The molecule has 0 saturated carbocycles. The summed E-state index contributed by atoms with van der Waals surface area (Å²) >= 11 is 0. The van der Waals surface area contributed by atoms with Gasteiger partial charge in [-0.05, 0) is 6.07 Å². The second-order valence-corrected chi connectivity index (χ2v) is 3.21. The first kappa shape index (κ1) is 13.7. The Kier molecular flexibility index (Phi) is 4.43. The monoisotopic (exact) mass is 255 g/mol. The zero-order valence-corrected chi connectivity index (χ0v) is 9.03. The molecule has 0 aromatic heterocycles. The van der Waals surface area contributed by atoms with Crippen molar-refractivity contribution in [2.75, 3.05) is 0 Å². The first-order valence-electron chi connectivity index (χ1n) is 4.80. The third-order valence-electron chi connectivity index (χ3n) is 1.90. The highest BCUT2D eigenvalue weighted by Gasteiger charge is 2.32. The van der Waals surface area contributed by atoms with Gasteiger partial charge in [0.2, 0.25) is 0 Å². The largest absolute Gasteiger partial charge is 0.417 e. The minimum absolute atomic E-state index is 0.165. The lowest BCUT2D eigenvalue weighted by molar-refractivity contribution is -0.137. The number of halogens is 3. The van der Waals surface area contributed by atoms with Crippen LogP contribution in [0.3, 0.4) is 0 Å². The number of carbonyl (C=O) groups is 1. The molecule has 0 spiro atoms. The molecule has 0 unspecified atom stereocenters. The summed E-state index contributed by atoms with van der Waals surface area (Å²) in [5.41, 5.74) is 0.943. The van der Waals surface area contributed by atoms with Crippen LogP contribution in [0.2, 0.25) is 0 Å². The van der Waals surface area contributed by atoms with Gasteiger partial charge in [-0.2, -0.15) is 23.5 Å². The molecule has 1 rings (SSSR count). The molecule has 1 amide bonds. The number of alkyl halides is 3. The highest BCUT2D eigenvalue weighted by Crippen LogP contribution is 2.30. The Hall–Kier alpha value is -2.36. The van der Waals surface area contributed by atoms with Gasteiger partial charge in [-0.25, -0.2) is 5.43 Å². The average Bonchev–Trinajstić information content (AvgIpc) is 2.28. The van der Waals surface area contributed by atoms with E-state index in [1.165, 1.54) is 18.2 Å². The molecule has 4 nitrogen and oxygen atoms in total. The maximum absolute atomic E-state index is 12.6. The molecule has 0 atom stereocenters. The quantitative estimate of drug-likeness (QED) is 0.663. The van der Waals surface area contributed by atoms with E-state index in [0.29, 0.717) is 0 Å². The van der Waals surface area contributed by atoms with Crippen LogP contribution in [0.5, 0.6) is 0 Å². The van der Waals surface area contributed by atoms with Gasteiger partial charge in [0.05, 0.1) is 17.8 Å². The molecule has 1 aromatic carbocycles. The fourth-order valence-corrected chi connectivity index (χ4v) is 1.15. The van der Waals surface area contributed by atoms with Gasteiger partial charge >= 0.3 is 6.18 Å². The van der Waals surface area contributed by atoms with Crippen LogP contribution in [0.15, 0.2) is 29.4 Å². The van der Waals surface area contributed by atoms with Crippen molar-refractivity contribution in [1.82, 2.24) is 5.43 Å². The Morgan fingerprint density at radius 2 is 2.11 bits per heavy atom. The van der Waals surface area contributed by atoms with E-state index >= 15 is 0 Å². The molecule has 0 heterocycles. The fourth-order valence-electron chi connectivity index (χ4n) is 1.15. The summed E-state index contributed by atoms with van der Waals surface area (Å²) in [7, 11) is 0. The van der Waals surface area contributed by atoms with Crippen molar-refractivity contribution < 1.29 is 18.0 Å². The molecule has 7 heteroatoms. The average molecular weight is 255 g/mol. The van der Waals surface area contributed by atoms with Gasteiger partial charge in [0.1, 0.15) is 6.42 Å². The normalized spacial score (nSPS) is 11.2. The van der Waals surface area contributed by atoms with E-state index in [1.807, 2.05) is 5.43 Å². The molecule has 94 valence electrons. The third kappa shape index (κ3) is 3.90. The Labute approximate surface area is 101 Å². The van der Waals surface area contributed by atoms with Crippen molar-refractivity contribution in [2.24, 2.45) is 5.10 Å². The van der Waals surface area contributed by atoms with Crippen molar-refractivity contribution in [3.63, 3.8) is 0 Å². The van der Waals surface area contributed by atoms with Gasteiger partial charge in [0, 0.05) is 5.56 Å². The summed E-state index contributed by atoms with van der Waals surface area (Å²) in [5.74, 6) is -0.682. The second-order valence-electron chi connectivity index (χ2n) is 3.21. The summed E-state index contributed by atoms with van der Waals surface area (Å²) in [4.78, 5) is 10.8. The lowest BCUT2D eigenvalue weighted by Gasteiger charge is -2.08. The maximum Gasteiger partial charge on any atom is 0.417 e. The van der Waals surface area contributed by atoms with Crippen molar-refractivity contribution in [3.05, 3.63) is 35.4 Å². The fraction of sp³-hybridized carbons (Fsp3) is 0.182. The van der Waals surface area contributed by atoms with Gasteiger partial charge in [-0.15, -0.1) is 0 Å². The molecular formula is C11H8F3N3O. The summed E-state index contributed by atoms with van der Waals surface area (Å²) in [6.45, 7) is 0. The number of amides is 1. The van der Waals surface area contributed by atoms with Gasteiger partial charge in [-0.3, -0.25) is 4.79 Å². The second kappa shape index (κ2) is 5.82. The van der Waals surface area contributed by atoms with Crippen LogP contribution in [0.4, 0.5) is 13.2 Å². The van der Waals surface area contributed by atoms with Crippen molar-refractivity contribution >= 4 is 12.1 Å². The van der Waals surface area contributed by atoms with Crippen molar-refractivity contribution in [2.45, 2.75) is 12.6 Å². The van der Waals surface area contributed by atoms with Crippen molar-refractivity contribution in [1.29, 1.82) is 5.26 Å². The lowest BCUT2D eigenvalue weighted by Crippen LogP contribution is -2.16. The van der Waals surface area contributed by atoms with E-state index in [4.69, 9.17) is 5.26 Å². The maximum atomic E-state index is 12.6. The van der Waals surface area contributed by atoms with Crippen LogP contribution in [0.25, 0.3) is 0 Å². The van der Waals surface area contributed by atoms with Crippen LogP contribution in [0, 0.1) is 11.3 Å². The summed E-state index contributed by atoms with van der Waals surface area (Å²) in [5, 5.41) is 11.6. The number of nitrogens with zero attached hydrogens (tertiary/aromatic N) is 2. The summed E-state index contributed by atoms with van der Waals surface area (Å²) in [6, 6.07) is 6.41. The van der Waals surface area contributed by atoms with Gasteiger partial charge in [0.15, 0.2) is 0 Å². The first-order chi connectivity index (χ1) is 8.45. The molecular weight excluding hydrogens is 247 g/mol. The Morgan fingerprint density at radius 3 is 2.72 bits per heavy atom. The van der Waals surface area contributed by atoms with Crippen LogP contribution in [-0.2, 0) is 11.0 Å². The smallest absolute Gasteiger partial charge is 0.272 e. The zero-order chi connectivity index (χ0) is 13.6. The molecule has 18 heavy (non-hydrogen) atoms. The van der Waals surface area contributed by atoms with Crippen LogP contribution < -0.4 is 5.43 Å². The predicted octanol–water partition coefficient (Wildman–Crippen LogP) is 2.07. The van der Waals surface area contributed by atoms with Gasteiger partial charge < -0.3 is 0 Å². The molecule has 0 bridgehead atoms. The number of hydrazone groups is 1. The SMILES string of the molecule is N#CCC(=O)N/N=C/c1ccccc1C(F)(F)F. The molecule has 0 fully saturated rings. The Morgan fingerprint density at radius 1 is 1.44 bits per heavy atom. The lowest BCUT2D eigenvalue weighted by atomic mass is 10.1. The van der Waals surface area contributed by atoms with Gasteiger partial charge in [-0.1, -0.05) is 18.2 Å². The molecule has 1 N–H and O–H groups in total. The first-order valence-corrected chi connectivity index (χ1v) is 4.80. The number of hydrogen-bond acceptors (Lipinski definition) is 3. The van der Waals surface area contributed by atoms with E-state index in [-0.39, 0.29) is 5.56 Å². The number of carbonyl (C=O) groups excluding carboxylic acids is 1. The Balaban J connectivity index is 2.83. The molecule has 0 saturated heterocycles. The standard InChI is InChI=1S/C11H8F3N3O/c12-11(13,14)9-4-2-1-3-8(9)7-16-17-10(18)5-6-15/h1-4,7H,5H2,(H,17,18)/b16-7+. The van der Waals surface area contributed by atoms with E-state index in [1.54, 1.807) is 6.07 Å². The zero-order valence-electron chi connectivity index (χ0n) is 9.03. The Bertz CT molecular complexity index is 503. The van der Waals surface area contributed by atoms with Crippen LogP contribution >= 0.6 is 0 Å². The number of rotatable bonds is 3. The molecule has 0 aliphatic heterocycles. The molecule has 0 radical (unpaired) electrons.